The Morgan fingerprint density at radius 3 is 2.93 bits per heavy atom. The number of hydrogen-bond donors (Lipinski definition) is 3. The van der Waals surface area contributed by atoms with Gasteiger partial charge in [-0.2, -0.15) is 5.10 Å². The molecule has 2 heterocycles. The number of nitrogens with zero attached hydrogens (tertiary/aromatic N) is 3. The number of hydrogen-bond acceptors (Lipinski definition) is 4. The van der Waals surface area contributed by atoms with Crippen LogP contribution in [0.2, 0.25) is 0 Å². The van der Waals surface area contributed by atoms with Crippen molar-refractivity contribution in [2.75, 3.05) is 19.0 Å². The Bertz CT molecular complexity index is 1100. The van der Waals surface area contributed by atoms with Crippen LogP contribution in [0.25, 0.3) is 22.0 Å². The van der Waals surface area contributed by atoms with E-state index in [-0.39, 0.29) is 6.03 Å². The zero-order valence-corrected chi connectivity index (χ0v) is 16.1. The molecule has 0 aliphatic carbocycles. The number of carbonyl (C=O) groups is 1. The molecule has 0 aliphatic rings. The van der Waals surface area contributed by atoms with Gasteiger partial charge < -0.3 is 14.6 Å². The SMILES string of the molecule is COc1cccc(-c2ccc3c(NC(=O)NCCCn4ccnc4)n[nH]c3c2)c1. The van der Waals surface area contributed by atoms with Crippen LogP contribution in [0.3, 0.4) is 0 Å². The van der Waals surface area contributed by atoms with E-state index in [9.17, 15) is 4.79 Å². The summed E-state index contributed by atoms with van der Waals surface area (Å²) < 4.78 is 7.27. The van der Waals surface area contributed by atoms with Crippen LogP contribution in [0.1, 0.15) is 6.42 Å². The first-order valence-corrected chi connectivity index (χ1v) is 9.36. The van der Waals surface area contributed by atoms with Crippen LogP contribution in [0.5, 0.6) is 5.75 Å². The number of ether oxygens (including phenoxy) is 1. The van der Waals surface area contributed by atoms with Crippen LogP contribution in [-0.4, -0.2) is 39.4 Å². The van der Waals surface area contributed by atoms with Crippen molar-refractivity contribution in [3.63, 3.8) is 0 Å². The van der Waals surface area contributed by atoms with E-state index in [4.69, 9.17) is 4.74 Å². The second-order valence-electron chi connectivity index (χ2n) is 6.60. The molecule has 0 radical (unpaired) electrons. The monoisotopic (exact) mass is 390 g/mol. The number of aryl methyl sites for hydroxylation is 1. The predicted molar refractivity (Wildman–Crippen MR) is 112 cm³/mol. The van der Waals surface area contributed by atoms with E-state index in [1.165, 1.54) is 0 Å². The number of benzene rings is 2. The lowest BCUT2D eigenvalue weighted by atomic mass is 10.0. The number of nitrogens with one attached hydrogen (secondary N) is 3. The van der Waals surface area contributed by atoms with Gasteiger partial charge >= 0.3 is 6.03 Å². The van der Waals surface area contributed by atoms with Gasteiger partial charge in [-0.25, -0.2) is 9.78 Å². The number of imidazole rings is 1. The lowest BCUT2D eigenvalue weighted by molar-refractivity contribution is 0.251. The van der Waals surface area contributed by atoms with E-state index >= 15 is 0 Å². The number of aromatic amines is 1. The Balaban J connectivity index is 1.38. The van der Waals surface area contributed by atoms with Gasteiger partial charge in [0.05, 0.1) is 19.0 Å². The van der Waals surface area contributed by atoms with Crippen LogP contribution in [-0.2, 0) is 6.54 Å². The number of anilines is 1. The van der Waals surface area contributed by atoms with Gasteiger partial charge in [0.15, 0.2) is 5.82 Å². The van der Waals surface area contributed by atoms with Gasteiger partial charge in [-0.05, 0) is 41.8 Å². The number of methoxy groups -OCH3 is 1. The standard InChI is InChI=1S/C21H22N6O2/c1-29-17-5-2-4-15(12-17)16-6-7-18-19(13-16)25-26-20(18)24-21(28)23-8-3-10-27-11-9-22-14-27/h2,4-7,9,11-14H,3,8,10H2,1H3,(H3,23,24,25,26,28). The van der Waals surface area contributed by atoms with Gasteiger partial charge in [-0.15, -0.1) is 0 Å². The summed E-state index contributed by atoms with van der Waals surface area (Å²) in [6.45, 7) is 1.37. The molecule has 2 aromatic heterocycles. The second kappa shape index (κ2) is 8.47. The molecule has 3 N–H and O–H groups in total. The number of aromatic nitrogens is 4. The highest BCUT2D eigenvalue weighted by atomic mass is 16.5. The average Bonchev–Trinajstić information content (AvgIpc) is 3.41. The van der Waals surface area contributed by atoms with Crippen molar-refractivity contribution >= 4 is 22.8 Å². The lowest BCUT2D eigenvalue weighted by Crippen LogP contribution is -2.30. The summed E-state index contributed by atoms with van der Waals surface area (Å²) in [6, 6.07) is 13.5. The Morgan fingerprint density at radius 1 is 1.21 bits per heavy atom. The third-order valence-electron chi connectivity index (χ3n) is 4.64. The summed E-state index contributed by atoms with van der Waals surface area (Å²) in [5, 5.41) is 13.7. The fourth-order valence-corrected chi connectivity index (χ4v) is 3.13. The largest absolute Gasteiger partial charge is 0.497 e. The Hall–Kier alpha value is -3.81. The predicted octanol–water partition coefficient (Wildman–Crippen LogP) is 3.65. The van der Waals surface area contributed by atoms with Crippen molar-refractivity contribution in [1.82, 2.24) is 25.1 Å². The minimum absolute atomic E-state index is 0.277. The first-order valence-electron chi connectivity index (χ1n) is 9.36. The van der Waals surface area contributed by atoms with Crippen molar-refractivity contribution in [3.8, 4) is 16.9 Å². The smallest absolute Gasteiger partial charge is 0.320 e. The molecule has 4 rings (SSSR count). The molecule has 4 aromatic rings. The van der Waals surface area contributed by atoms with Gasteiger partial charge in [-0.3, -0.25) is 10.4 Å². The third kappa shape index (κ3) is 4.37. The molecule has 0 saturated carbocycles. The van der Waals surface area contributed by atoms with E-state index in [2.05, 4.69) is 25.8 Å². The van der Waals surface area contributed by atoms with Crippen molar-refractivity contribution in [2.24, 2.45) is 0 Å². The molecule has 0 fully saturated rings. The summed E-state index contributed by atoms with van der Waals surface area (Å²) in [6.07, 6.45) is 6.21. The van der Waals surface area contributed by atoms with Gasteiger partial charge in [0.1, 0.15) is 5.75 Å². The third-order valence-corrected chi connectivity index (χ3v) is 4.64. The zero-order valence-electron chi connectivity index (χ0n) is 16.1. The van der Waals surface area contributed by atoms with Crippen molar-refractivity contribution in [1.29, 1.82) is 0 Å². The van der Waals surface area contributed by atoms with Crippen LogP contribution in [0.4, 0.5) is 10.6 Å². The van der Waals surface area contributed by atoms with E-state index in [1.54, 1.807) is 19.6 Å². The van der Waals surface area contributed by atoms with Crippen molar-refractivity contribution in [3.05, 3.63) is 61.2 Å². The highest BCUT2D eigenvalue weighted by molar-refractivity contribution is 6.00. The highest BCUT2D eigenvalue weighted by Gasteiger charge is 2.10. The number of H-pyrrole nitrogens is 1. The van der Waals surface area contributed by atoms with Crippen LogP contribution >= 0.6 is 0 Å². The maximum Gasteiger partial charge on any atom is 0.320 e. The maximum atomic E-state index is 12.2. The maximum absolute atomic E-state index is 12.2. The van der Waals surface area contributed by atoms with E-state index < -0.39 is 0 Å². The molecule has 0 bridgehead atoms. The molecule has 8 nitrogen and oxygen atoms in total. The summed E-state index contributed by atoms with van der Waals surface area (Å²) >= 11 is 0. The highest BCUT2D eigenvalue weighted by Crippen LogP contribution is 2.28. The normalized spacial score (nSPS) is 10.8. The van der Waals surface area contributed by atoms with E-state index in [1.807, 2.05) is 53.2 Å². The van der Waals surface area contributed by atoms with Gasteiger partial charge in [0.25, 0.3) is 0 Å². The molecule has 148 valence electrons. The fourth-order valence-electron chi connectivity index (χ4n) is 3.13. The molecule has 2 amide bonds. The molecule has 0 atom stereocenters. The zero-order chi connectivity index (χ0) is 20.1. The lowest BCUT2D eigenvalue weighted by Gasteiger charge is -2.07. The number of urea groups is 1. The molecule has 2 aromatic carbocycles. The van der Waals surface area contributed by atoms with E-state index in [0.29, 0.717) is 12.4 Å². The minimum atomic E-state index is -0.277. The Morgan fingerprint density at radius 2 is 2.10 bits per heavy atom. The quantitative estimate of drug-likeness (QED) is 0.420. The van der Waals surface area contributed by atoms with Gasteiger partial charge in [0, 0.05) is 30.9 Å². The van der Waals surface area contributed by atoms with Crippen LogP contribution in [0, 0.1) is 0 Å². The van der Waals surface area contributed by atoms with Crippen molar-refractivity contribution < 1.29 is 9.53 Å². The molecule has 29 heavy (non-hydrogen) atoms. The molecule has 0 aliphatic heterocycles. The summed E-state index contributed by atoms with van der Waals surface area (Å²) in [5.74, 6) is 1.31. The second-order valence-corrected chi connectivity index (χ2v) is 6.60. The van der Waals surface area contributed by atoms with Crippen LogP contribution < -0.4 is 15.4 Å². The molecular weight excluding hydrogens is 368 g/mol. The summed E-state index contributed by atoms with van der Waals surface area (Å²) in [7, 11) is 1.65. The summed E-state index contributed by atoms with van der Waals surface area (Å²) in [5.41, 5.74) is 2.93. The number of amides is 2. The molecular formula is C21H22N6O2. The Kier molecular flexibility index (Phi) is 5.42. The molecule has 0 unspecified atom stereocenters. The first kappa shape index (κ1) is 18.5. The topological polar surface area (TPSA) is 96.9 Å². The van der Waals surface area contributed by atoms with Gasteiger partial charge in [0.2, 0.25) is 0 Å². The first-order chi connectivity index (χ1) is 14.2. The van der Waals surface area contributed by atoms with Gasteiger partial charge in [-0.1, -0.05) is 18.2 Å². The molecule has 8 heteroatoms. The van der Waals surface area contributed by atoms with Crippen LogP contribution in [0.15, 0.2) is 61.2 Å². The number of fused-ring (bicyclic) bond motifs is 1. The summed E-state index contributed by atoms with van der Waals surface area (Å²) in [4.78, 5) is 16.2. The fraction of sp³-hybridized carbons (Fsp3) is 0.190. The molecule has 0 spiro atoms. The molecule has 0 saturated heterocycles. The van der Waals surface area contributed by atoms with E-state index in [0.717, 1.165) is 40.7 Å². The Labute approximate surface area is 167 Å². The average molecular weight is 390 g/mol. The number of rotatable bonds is 7. The minimum Gasteiger partial charge on any atom is -0.497 e. The number of carbonyl (C=O) groups excluding carboxylic acids is 1. The van der Waals surface area contributed by atoms with Crippen molar-refractivity contribution in [2.45, 2.75) is 13.0 Å².